The van der Waals surface area contributed by atoms with Crippen molar-refractivity contribution >= 4 is 22.4 Å². The number of fused-ring (bicyclic) bond motifs is 2. The summed E-state index contributed by atoms with van der Waals surface area (Å²) in [6.07, 6.45) is -1.31. The maximum atomic E-state index is 14.0. The van der Waals surface area contributed by atoms with Gasteiger partial charge in [-0.1, -0.05) is 12.1 Å². The van der Waals surface area contributed by atoms with Crippen LogP contribution in [0, 0.1) is 5.82 Å². The van der Waals surface area contributed by atoms with Crippen LogP contribution in [0.5, 0.6) is 11.5 Å². The molecule has 0 saturated carbocycles. The van der Waals surface area contributed by atoms with E-state index in [2.05, 4.69) is 15.3 Å². The molecule has 156 valence electrons. The summed E-state index contributed by atoms with van der Waals surface area (Å²) >= 11 is 0. The number of hydrogen-bond acceptors (Lipinski definition) is 7. The molecule has 0 amide bonds. The van der Waals surface area contributed by atoms with Gasteiger partial charge in [0.25, 0.3) is 0 Å². The summed E-state index contributed by atoms with van der Waals surface area (Å²) in [6.45, 7) is 0.225. The maximum absolute atomic E-state index is 14.0. The molecule has 7 nitrogen and oxygen atoms in total. The van der Waals surface area contributed by atoms with Crippen LogP contribution in [0.2, 0.25) is 0 Å². The molecule has 1 unspecified atom stereocenters. The van der Waals surface area contributed by atoms with Gasteiger partial charge < -0.3 is 24.3 Å². The third-order valence-electron chi connectivity index (χ3n) is 5.27. The molecular weight excluding hydrogens is 396 g/mol. The normalized spacial score (nSPS) is 25.3. The minimum atomic E-state index is -1.15. The molecule has 1 aromatic heterocycles. The quantitative estimate of drug-likeness (QED) is 0.685. The van der Waals surface area contributed by atoms with Gasteiger partial charge in [-0.25, -0.2) is 18.7 Å². The molecule has 30 heavy (non-hydrogen) atoms. The van der Waals surface area contributed by atoms with E-state index in [4.69, 9.17) is 18.9 Å². The number of para-hydroxylation sites is 1. The Morgan fingerprint density at radius 1 is 1.07 bits per heavy atom. The van der Waals surface area contributed by atoms with Crippen molar-refractivity contribution in [2.24, 2.45) is 0 Å². The Bertz CT molecular complexity index is 1080. The predicted octanol–water partition coefficient (Wildman–Crippen LogP) is 3.40. The molecule has 2 aliphatic heterocycles. The third kappa shape index (κ3) is 3.29. The second-order valence-electron chi connectivity index (χ2n) is 7.12. The molecule has 3 heterocycles. The Labute approximate surface area is 170 Å². The lowest BCUT2D eigenvalue weighted by atomic mass is 10.1. The first kappa shape index (κ1) is 19.0. The number of rotatable bonds is 5. The minimum absolute atomic E-state index is 0.00233. The molecule has 0 bridgehead atoms. The zero-order valence-electron chi connectivity index (χ0n) is 16.0. The fourth-order valence-electron chi connectivity index (χ4n) is 3.79. The number of hydrogen-bond donors (Lipinski definition) is 1. The van der Waals surface area contributed by atoms with Gasteiger partial charge in [0, 0.05) is 11.5 Å². The van der Waals surface area contributed by atoms with Gasteiger partial charge >= 0.3 is 0 Å². The first-order valence-electron chi connectivity index (χ1n) is 9.52. The molecule has 2 saturated heterocycles. The average Bonchev–Trinajstić information content (AvgIpc) is 3.32. The van der Waals surface area contributed by atoms with Gasteiger partial charge in [-0.05, 0) is 18.2 Å². The van der Waals surface area contributed by atoms with Crippen molar-refractivity contribution in [2.45, 2.75) is 24.5 Å². The van der Waals surface area contributed by atoms with E-state index in [9.17, 15) is 8.78 Å². The van der Waals surface area contributed by atoms with E-state index in [1.165, 1.54) is 19.5 Å². The van der Waals surface area contributed by atoms with Crippen molar-refractivity contribution < 1.29 is 27.7 Å². The molecule has 5 rings (SSSR count). The number of anilines is 2. The van der Waals surface area contributed by atoms with Gasteiger partial charge in [-0.2, -0.15) is 0 Å². The second-order valence-corrected chi connectivity index (χ2v) is 7.12. The number of halogens is 2. The highest BCUT2D eigenvalue weighted by molar-refractivity contribution is 5.93. The fourth-order valence-corrected chi connectivity index (χ4v) is 3.79. The summed E-state index contributed by atoms with van der Waals surface area (Å²) in [5.41, 5.74) is 0.871. The van der Waals surface area contributed by atoms with Crippen LogP contribution in [-0.2, 0) is 9.47 Å². The first-order valence-corrected chi connectivity index (χ1v) is 9.52. The molecule has 2 aliphatic rings. The summed E-state index contributed by atoms with van der Waals surface area (Å²) in [6, 6.07) is 9.75. The van der Waals surface area contributed by atoms with E-state index in [1.807, 2.05) is 0 Å². The first-order chi connectivity index (χ1) is 14.6. The Hall–Kier alpha value is -3.04. The Kier molecular flexibility index (Phi) is 4.84. The molecular formula is C21H19F2N3O4. The molecule has 3 aromatic rings. The van der Waals surface area contributed by atoms with Crippen LogP contribution in [-0.4, -0.2) is 54.8 Å². The van der Waals surface area contributed by atoms with Gasteiger partial charge in [-0.15, -0.1) is 0 Å². The van der Waals surface area contributed by atoms with Gasteiger partial charge in [0.2, 0.25) is 0 Å². The molecule has 2 aromatic carbocycles. The summed E-state index contributed by atoms with van der Waals surface area (Å²) in [4.78, 5) is 8.53. The van der Waals surface area contributed by atoms with Crippen molar-refractivity contribution in [3.8, 4) is 11.5 Å². The van der Waals surface area contributed by atoms with Crippen LogP contribution < -0.4 is 14.8 Å². The largest absolute Gasteiger partial charge is 0.493 e. The van der Waals surface area contributed by atoms with E-state index in [0.29, 0.717) is 33.9 Å². The Balaban J connectivity index is 1.47. The van der Waals surface area contributed by atoms with Gasteiger partial charge in [0.15, 0.2) is 23.8 Å². The van der Waals surface area contributed by atoms with E-state index < -0.39 is 30.3 Å². The van der Waals surface area contributed by atoms with Crippen molar-refractivity contribution in [1.29, 1.82) is 0 Å². The number of nitrogens with zero attached hydrogens (tertiary/aromatic N) is 2. The topological polar surface area (TPSA) is 74.7 Å². The van der Waals surface area contributed by atoms with Crippen molar-refractivity contribution in [3.05, 3.63) is 48.5 Å². The van der Waals surface area contributed by atoms with Crippen LogP contribution in [0.1, 0.15) is 0 Å². The second kappa shape index (κ2) is 7.66. The predicted molar refractivity (Wildman–Crippen MR) is 105 cm³/mol. The SMILES string of the molecule is COc1cc2c(Nc3ccccc3F)ncnc2cc1OC1CO[C@H]2[C@H](F)CO[C@@H]12. The standard InChI is InChI=1S/C21H19F2N3O4/c1-27-16-6-11-15(24-10-25-21(11)26-14-5-3-2-4-12(14)22)7-17(16)30-18-9-29-19-13(23)8-28-20(18)19/h2-7,10,13,18-20H,8-9H2,1H3,(H,24,25,26)/t13-,18?,19+,20+/m1/s1. The van der Waals surface area contributed by atoms with E-state index in [-0.39, 0.29) is 13.2 Å². The molecule has 0 radical (unpaired) electrons. The fraction of sp³-hybridized carbons (Fsp3) is 0.333. The molecule has 1 N–H and O–H groups in total. The molecule has 2 fully saturated rings. The Morgan fingerprint density at radius 2 is 1.90 bits per heavy atom. The monoisotopic (exact) mass is 415 g/mol. The highest BCUT2D eigenvalue weighted by atomic mass is 19.1. The number of aromatic nitrogens is 2. The van der Waals surface area contributed by atoms with Gasteiger partial charge in [-0.3, -0.25) is 0 Å². The minimum Gasteiger partial charge on any atom is -0.493 e. The maximum Gasteiger partial charge on any atom is 0.164 e. The third-order valence-corrected chi connectivity index (χ3v) is 5.27. The number of methoxy groups -OCH3 is 1. The lowest BCUT2D eigenvalue weighted by molar-refractivity contribution is 0.0271. The van der Waals surface area contributed by atoms with Crippen molar-refractivity contribution in [2.75, 3.05) is 25.6 Å². The summed E-state index contributed by atoms with van der Waals surface area (Å²) in [7, 11) is 1.51. The Morgan fingerprint density at radius 3 is 2.73 bits per heavy atom. The zero-order valence-corrected chi connectivity index (χ0v) is 16.0. The molecule has 9 heteroatoms. The number of nitrogens with one attached hydrogen (secondary N) is 1. The van der Waals surface area contributed by atoms with E-state index in [1.54, 1.807) is 30.3 Å². The van der Waals surface area contributed by atoms with Gasteiger partial charge in [0.1, 0.15) is 30.2 Å². The van der Waals surface area contributed by atoms with Crippen LogP contribution in [0.25, 0.3) is 10.9 Å². The highest BCUT2D eigenvalue weighted by Gasteiger charge is 2.49. The summed E-state index contributed by atoms with van der Waals surface area (Å²) in [5, 5.41) is 3.62. The number of ether oxygens (including phenoxy) is 4. The number of benzene rings is 2. The van der Waals surface area contributed by atoms with Crippen LogP contribution >= 0.6 is 0 Å². The number of alkyl halides is 1. The highest BCUT2D eigenvalue weighted by Crippen LogP contribution is 2.38. The molecule has 0 spiro atoms. The zero-order chi connectivity index (χ0) is 20.7. The van der Waals surface area contributed by atoms with E-state index >= 15 is 0 Å². The lowest BCUT2D eigenvalue weighted by Crippen LogP contribution is -2.33. The van der Waals surface area contributed by atoms with Crippen LogP contribution in [0.15, 0.2) is 42.7 Å². The summed E-state index contributed by atoms with van der Waals surface area (Å²) < 4.78 is 50.4. The summed E-state index contributed by atoms with van der Waals surface area (Å²) in [5.74, 6) is 0.904. The molecule has 4 atom stereocenters. The van der Waals surface area contributed by atoms with E-state index in [0.717, 1.165) is 0 Å². The van der Waals surface area contributed by atoms with Crippen LogP contribution in [0.3, 0.4) is 0 Å². The lowest BCUT2D eigenvalue weighted by Gasteiger charge is -2.20. The molecule has 0 aliphatic carbocycles. The smallest absolute Gasteiger partial charge is 0.164 e. The van der Waals surface area contributed by atoms with Crippen molar-refractivity contribution in [1.82, 2.24) is 9.97 Å². The van der Waals surface area contributed by atoms with Gasteiger partial charge in [0.05, 0.1) is 31.5 Å². The van der Waals surface area contributed by atoms with Crippen LogP contribution in [0.4, 0.5) is 20.3 Å². The average molecular weight is 415 g/mol. The van der Waals surface area contributed by atoms with Crippen molar-refractivity contribution in [3.63, 3.8) is 0 Å².